The van der Waals surface area contributed by atoms with Crippen molar-refractivity contribution >= 4 is 0 Å². The van der Waals surface area contributed by atoms with Crippen LogP contribution < -0.4 is 5.32 Å². The van der Waals surface area contributed by atoms with Crippen molar-refractivity contribution in [1.29, 1.82) is 0 Å². The van der Waals surface area contributed by atoms with E-state index in [1.54, 1.807) is 0 Å². The van der Waals surface area contributed by atoms with E-state index in [2.05, 4.69) is 16.1 Å². The molecule has 2 heterocycles. The van der Waals surface area contributed by atoms with E-state index in [-0.39, 0.29) is 0 Å². The van der Waals surface area contributed by atoms with Crippen molar-refractivity contribution in [3.63, 3.8) is 0 Å². The molecule has 1 saturated carbocycles. The molecule has 0 atom stereocenters. The monoisotopic (exact) mass is 205 g/mol. The first-order valence-corrected chi connectivity index (χ1v) is 6.21. The molecule has 0 bridgehead atoms. The van der Waals surface area contributed by atoms with Gasteiger partial charge in [-0.3, -0.25) is 4.68 Å². The highest BCUT2D eigenvalue weighted by Gasteiger charge is 2.21. The Kier molecular flexibility index (Phi) is 2.49. The Labute approximate surface area is 90.9 Å². The van der Waals surface area contributed by atoms with Crippen LogP contribution >= 0.6 is 0 Å². The molecule has 0 saturated heterocycles. The second-order valence-electron chi connectivity index (χ2n) is 4.80. The number of aromatic nitrogens is 2. The highest BCUT2D eigenvalue weighted by Crippen LogP contribution is 2.33. The number of nitrogens with one attached hydrogen (secondary N) is 1. The lowest BCUT2D eigenvalue weighted by Crippen LogP contribution is -2.11. The Bertz CT molecular complexity index is 313. The topological polar surface area (TPSA) is 29.9 Å². The number of rotatable bonds is 1. The SMILES string of the molecule is c1c(C2CCCC2)nn2c1CNCCC2. The van der Waals surface area contributed by atoms with E-state index in [4.69, 9.17) is 5.10 Å². The molecule has 1 aliphatic heterocycles. The number of hydrogen-bond donors (Lipinski definition) is 1. The largest absolute Gasteiger partial charge is 0.311 e. The fraction of sp³-hybridized carbons (Fsp3) is 0.750. The Hall–Kier alpha value is -0.830. The fourth-order valence-corrected chi connectivity index (χ4v) is 2.80. The molecular weight excluding hydrogens is 186 g/mol. The van der Waals surface area contributed by atoms with E-state index in [0.717, 1.165) is 25.6 Å². The average molecular weight is 205 g/mol. The number of aryl methyl sites for hydroxylation is 1. The van der Waals surface area contributed by atoms with Crippen LogP contribution in [0, 0.1) is 0 Å². The number of nitrogens with zero attached hydrogens (tertiary/aromatic N) is 2. The summed E-state index contributed by atoms with van der Waals surface area (Å²) in [4.78, 5) is 0. The molecule has 0 spiro atoms. The Morgan fingerprint density at radius 2 is 2.13 bits per heavy atom. The van der Waals surface area contributed by atoms with Crippen molar-refractivity contribution < 1.29 is 0 Å². The number of fused-ring (bicyclic) bond motifs is 1. The highest BCUT2D eigenvalue weighted by molar-refractivity contribution is 5.16. The molecule has 3 heteroatoms. The first-order chi connectivity index (χ1) is 7.43. The van der Waals surface area contributed by atoms with E-state index >= 15 is 0 Å². The van der Waals surface area contributed by atoms with Gasteiger partial charge < -0.3 is 5.32 Å². The Morgan fingerprint density at radius 3 is 3.00 bits per heavy atom. The maximum absolute atomic E-state index is 4.77. The summed E-state index contributed by atoms with van der Waals surface area (Å²) in [6, 6.07) is 2.33. The summed E-state index contributed by atoms with van der Waals surface area (Å²) in [5.74, 6) is 0.754. The summed E-state index contributed by atoms with van der Waals surface area (Å²) in [5, 5.41) is 8.22. The summed E-state index contributed by atoms with van der Waals surface area (Å²) >= 11 is 0. The minimum Gasteiger partial charge on any atom is -0.311 e. The molecule has 0 aromatic carbocycles. The van der Waals surface area contributed by atoms with E-state index in [1.807, 2.05) is 0 Å². The van der Waals surface area contributed by atoms with Crippen LogP contribution in [0.2, 0.25) is 0 Å². The molecule has 0 radical (unpaired) electrons. The molecule has 0 amide bonds. The standard InChI is InChI=1S/C12H19N3/c1-2-5-10(4-1)12-8-11-9-13-6-3-7-15(11)14-12/h8,10,13H,1-7,9H2. The zero-order chi connectivity index (χ0) is 10.1. The first kappa shape index (κ1) is 9.40. The Balaban J connectivity index is 1.84. The quantitative estimate of drug-likeness (QED) is 0.760. The van der Waals surface area contributed by atoms with Crippen molar-refractivity contribution in [2.75, 3.05) is 6.54 Å². The van der Waals surface area contributed by atoms with Crippen LogP contribution in [0.4, 0.5) is 0 Å². The lowest BCUT2D eigenvalue weighted by Gasteiger charge is -2.04. The molecule has 3 nitrogen and oxygen atoms in total. The van der Waals surface area contributed by atoms with Crippen LogP contribution in [0.1, 0.15) is 49.4 Å². The summed E-state index contributed by atoms with van der Waals surface area (Å²) in [6.45, 7) is 3.22. The fourth-order valence-electron chi connectivity index (χ4n) is 2.80. The second-order valence-corrected chi connectivity index (χ2v) is 4.80. The summed E-state index contributed by atoms with van der Waals surface area (Å²) in [6.07, 6.45) is 6.70. The Morgan fingerprint density at radius 1 is 1.27 bits per heavy atom. The van der Waals surface area contributed by atoms with Gasteiger partial charge in [-0.1, -0.05) is 12.8 Å². The summed E-state index contributed by atoms with van der Waals surface area (Å²) in [7, 11) is 0. The third-order valence-corrected chi connectivity index (χ3v) is 3.69. The molecular formula is C12H19N3. The van der Waals surface area contributed by atoms with Gasteiger partial charge in [-0.25, -0.2) is 0 Å². The predicted octanol–water partition coefficient (Wildman–Crippen LogP) is 2.03. The van der Waals surface area contributed by atoms with Gasteiger partial charge in [0, 0.05) is 19.0 Å². The van der Waals surface area contributed by atoms with Gasteiger partial charge in [0.05, 0.1) is 11.4 Å². The molecule has 1 aromatic heterocycles. The van der Waals surface area contributed by atoms with Gasteiger partial charge in [-0.2, -0.15) is 5.10 Å². The van der Waals surface area contributed by atoms with E-state index < -0.39 is 0 Å². The third kappa shape index (κ3) is 1.81. The first-order valence-electron chi connectivity index (χ1n) is 6.21. The van der Waals surface area contributed by atoms with Crippen LogP contribution in [0.5, 0.6) is 0 Å². The van der Waals surface area contributed by atoms with Crippen molar-refractivity contribution in [3.05, 3.63) is 17.5 Å². The third-order valence-electron chi connectivity index (χ3n) is 3.69. The molecule has 15 heavy (non-hydrogen) atoms. The van der Waals surface area contributed by atoms with Gasteiger partial charge >= 0.3 is 0 Å². The minimum absolute atomic E-state index is 0.754. The minimum atomic E-state index is 0.754. The maximum Gasteiger partial charge on any atom is 0.0658 e. The van der Waals surface area contributed by atoms with E-state index in [9.17, 15) is 0 Å². The molecule has 1 fully saturated rings. The van der Waals surface area contributed by atoms with Gasteiger partial charge in [-0.15, -0.1) is 0 Å². The van der Waals surface area contributed by atoms with Crippen molar-refractivity contribution in [1.82, 2.24) is 15.1 Å². The summed E-state index contributed by atoms with van der Waals surface area (Å²) in [5.41, 5.74) is 2.74. The van der Waals surface area contributed by atoms with Crippen molar-refractivity contribution in [2.24, 2.45) is 0 Å². The van der Waals surface area contributed by atoms with Gasteiger partial charge in [0.1, 0.15) is 0 Å². The molecule has 3 rings (SSSR count). The zero-order valence-corrected chi connectivity index (χ0v) is 9.21. The van der Waals surface area contributed by atoms with Crippen LogP contribution in [-0.4, -0.2) is 16.3 Å². The normalized spacial score (nSPS) is 22.7. The summed E-state index contributed by atoms with van der Waals surface area (Å²) < 4.78 is 2.22. The molecule has 82 valence electrons. The van der Waals surface area contributed by atoms with E-state index in [1.165, 1.54) is 43.5 Å². The van der Waals surface area contributed by atoms with Gasteiger partial charge in [-0.05, 0) is 31.9 Å². The van der Waals surface area contributed by atoms with Gasteiger partial charge in [0.2, 0.25) is 0 Å². The molecule has 2 aliphatic rings. The van der Waals surface area contributed by atoms with Crippen molar-refractivity contribution in [2.45, 2.75) is 51.1 Å². The second kappa shape index (κ2) is 3.97. The predicted molar refractivity (Wildman–Crippen MR) is 59.8 cm³/mol. The van der Waals surface area contributed by atoms with Gasteiger partial charge in [0.15, 0.2) is 0 Å². The lowest BCUT2D eigenvalue weighted by atomic mass is 10.0. The van der Waals surface area contributed by atoms with Gasteiger partial charge in [0.25, 0.3) is 0 Å². The molecule has 1 aliphatic carbocycles. The zero-order valence-electron chi connectivity index (χ0n) is 9.21. The highest BCUT2D eigenvalue weighted by atomic mass is 15.3. The average Bonchev–Trinajstić information content (AvgIpc) is 2.84. The number of hydrogen-bond acceptors (Lipinski definition) is 2. The molecule has 0 unspecified atom stereocenters. The van der Waals surface area contributed by atoms with Crippen LogP contribution in [-0.2, 0) is 13.1 Å². The lowest BCUT2D eigenvalue weighted by molar-refractivity contribution is 0.566. The molecule has 1 aromatic rings. The molecule has 1 N–H and O–H groups in total. The maximum atomic E-state index is 4.77. The van der Waals surface area contributed by atoms with Crippen LogP contribution in [0.15, 0.2) is 6.07 Å². The van der Waals surface area contributed by atoms with E-state index in [0.29, 0.717) is 0 Å². The van der Waals surface area contributed by atoms with Crippen LogP contribution in [0.3, 0.4) is 0 Å². The van der Waals surface area contributed by atoms with Crippen LogP contribution in [0.25, 0.3) is 0 Å². The van der Waals surface area contributed by atoms with Crippen molar-refractivity contribution in [3.8, 4) is 0 Å². The smallest absolute Gasteiger partial charge is 0.0658 e.